The fourth-order valence-electron chi connectivity index (χ4n) is 2.64. The summed E-state index contributed by atoms with van der Waals surface area (Å²) in [5.74, 6) is -0.349. The average Bonchev–Trinajstić information content (AvgIpc) is 3.00. The van der Waals surface area contributed by atoms with Gasteiger partial charge in [-0.2, -0.15) is 0 Å². The van der Waals surface area contributed by atoms with Crippen LogP contribution in [0.2, 0.25) is 0 Å². The van der Waals surface area contributed by atoms with Crippen LogP contribution in [-0.2, 0) is 9.47 Å². The summed E-state index contributed by atoms with van der Waals surface area (Å²) >= 11 is 2.28. The SMILES string of the molecule is COC(=O)c1[nH]cc(-c2ccc(I)cc2)c1N1CCOCC1. The first kappa shape index (κ1) is 15.4. The second-order valence-electron chi connectivity index (χ2n) is 5.02. The first-order valence-corrected chi connectivity index (χ1v) is 8.17. The minimum Gasteiger partial charge on any atom is -0.464 e. The summed E-state index contributed by atoms with van der Waals surface area (Å²) in [6.07, 6.45) is 1.87. The van der Waals surface area contributed by atoms with Gasteiger partial charge in [-0.1, -0.05) is 12.1 Å². The number of rotatable bonds is 3. The smallest absolute Gasteiger partial charge is 0.356 e. The van der Waals surface area contributed by atoms with Gasteiger partial charge in [0.25, 0.3) is 0 Å². The maximum absolute atomic E-state index is 12.1. The molecule has 1 saturated heterocycles. The van der Waals surface area contributed by atoms with E-state index in [1.807, 2.05) is 6.20 Å². The molecule has 1 N–H and O–H groups in total. The van der Waals surface area contributed by atoms with Gasteiger partial charge in [0.15, 0.2) is 0 Å². The number of halogens is 1. The van der Waals surface area contributed by atoms with Crippen molar-refractivity contribution in [3.8, 4) is 11.1 Å². The Morgan fingerprint density at radius 3 is 2.59 bits per heavy atom. The summed E-state index contributed by atoms with van der Waals surface area (Å²) in [6.45, 7) is 2.86. The molecule has 0 bridgehead atoms. The number of morpholine rings is 1. The van der Waals surface area contributed by atoms with Crippen molar-refractivity contribution in [3.63, 3.8) is 0 Å². The Morgan fingerprint density at radius 1 is 1.27 bits per heavy atom. The Balaban J connectivity index is 2.07. The van der Waals surface area contributed by atoms with E-state index in [0.717, 1.165) is 29.9 Å². The molecule has 6 heteroatoms. The van der Waals surface area contributed by atoms with Crippen LogP contribution in [0.25, 0.3) is 11.1 Å². The fourth-order valence-corrected chi connectivity index (χ4v) is 3.00. The van der Waals surface area contributed by atoms with Crippen molar-refractivity contribution in [3.05, 3.63) is 39.7 Å². The molecule has 0 amide bonds. The number of methoxy groups -OCH3 is 1. The van der Waals surface area contributed by atoms with Crippen molar-refractivity contribution >= 4 is 34.2 Å². The second kappa shape index (κ2) is 6.70. The Kier molecular flexibility index (Phi) is 4.68. The molecule has 0 radical (unpaired) electrons. The molecule has 0 aliphatic carbocycles. The minimum absolute atomic E-state index is 0.349. The summed E-state index contributed by atoms with van der Waals surface area (Å²) in [4.78, 5) is 17.3. The van der Waals surface area contributed by atoms with Gasteiger partial charge in [-0.3, -0.25) is 0 Å². The van der Waals surface area contributed by atoms with Gasteiger partial charge in [-0.05, 0) is 40.3 Å². The highest BCUT2D eigenvalue weighted by Crippen LogP contribution is 2.35. The number of benzene rings is 1. The van der Waals surface area contributed by atoms with Gasteiger partial charge < -0.3 is 19.4 Å². The molecule has 5 nitrogen and oxygen atoms in total. The van der Waals surface area contributed by atoms with Crippen LogP contribution in [0.5, 0.6) is 0 Å². The molecular formula is C16H17IN2O3. The van der Waals surface area contributed by atoms with Gasteiger partial charge in [-0.25, -0.2) is 4.79 Å². The quantitative estimate of drug-likeness (QED) is 0.623. The van der Waals surface area contributed by atoms with Gasteiger partial charge in [0.2, 0.25) is 0 Å². The van der Waals surface area contributed by atoms with Crippen molar-refractivity contribution < 1.29 is 14.3 Å². The molecule has 0 spiro atoms. The molecule has 0 atom stereocenters. The van der Waals surface area contributed by atoms with Crippen LogP contribution in [-0.4, -0.2) is 44.4 Å². The van der Waals surface area contributed by atoms with Gasteiger partial charge in [0.05, 0.1) is 26.0 Å². The summed E-state index contributed by atoms with van der Waals surface area (Å²) in [5, 5.41) is 0. The van der Waals surface area contributed by atoms with Gasteiger partial charge in [0, 0.05) is 28.4 Å². The number of carbonyl (C=O) groups excluding carboxylic acids is 1. The Morgan fingerprint density at radius 2 is 1.95 bits per heavy atom. The van der Waals surface area contributed by atoms with E-state index >= 15 is 0 Å². The van der Waals surface area contributed by atoms with Crippen molar-refractivity contribution in [1.29, 1.82) is 0 Å². The van der Waals surface area contributed by atoms with E-state index in [1.54, 1.807) is 0 Å². The third kappa shape index (κ3) is 2.98. The number of ether oxygens (including phenoxy) is 2. The monoisotopic (exact) mass is 412 g/mol. The average molecular weight is 412 g/mol. The van der Waals surface area contributed by atoms with E-state index in [0.29, 0.717) is 18.9 Å². The van der Waals surface area contributed by atoms with Gasteiger partial charge in [0.1, 0.15) is 5.69 Å². The first-order valence-electron chi connectivity index (χ1n) is 7.09. The van der Waals surface area contributed by atoms with E-state index in [-0.39, 0.29) is 5.97 Å². The molecule has 116 valence electrons. The molecule has 0 saturated carbocycles. The highest BCUT2D eigenvalue weighted by atomic mass is 127. The lowest BCUT2D eigenvalue weighted by Gasteiger charge is -2.29. The Hall–Kier alpha value is -1.54. The van der Waals surface area contributed by atoms with E-state index in [9.17, 15) is 4.79 Å². The molecule has 3 rings (SSSR count). The number of nitrogens with one attached hydrogen (secondary N) is 1. The first-order chi connectivity index (χ1) is 10.7. The second-order valence-corrected chi connectivity index (χ2v) is 6.27. The molecule has 1 fully saturated rings. The number of aromatic amines is 1. The Bertz CT molecular complexity index is 661. The maximum Gasteiger partial charge on any atom is 0.356 e. The zero-order chi connectivity index (χ0) is 15.5. The molecule has 1 aliphatic heterocycles. The highest BCUT2D eigenvalue weighted by Gasteiger charge is 2.25. The molecule has 1 aliphatic rings. The van der Waals surface area contributed by atoms with Crippen LogP contribution in [0.1, 0.15) is 10.5 Å². The van der Waals surface area contributed by atoms with Crippen molar-refractivity contribution in [2.45, 2.75) is 0 Å². The number of H-pyrrole nitrogens is 1. The summed E-state index contributed by atoms with van der Waals surface area (Å²) < 4.78 is 11.5. The minimum atomic E-state index is -0.349. The van der Waals surface area contributed by atoms with Crippen LogP contribution >= 0.6 is 22.6 Å². The molecule has 1 aromatic heterocycles. The molecule has 1 aromatic carbocycles. The van der Waals surface area contributed by atoms with Gasteiger partial charge in [-0.15, -0.1) is 0 Å². The summed E-state index contributed by atoms with van der Waals surface area (Å²) in [5.41, 5.74) is 3.49. The van der Waals surface area contributed by atoms with Crippen molar-refractivity contribution in [1.82, 2.24) is 4.98 Å². The fraction of sp³-hybridized carbons (Fsp3) is 0.312. The molecule has 0 unspecified atom stereocenters. The molecule has 2 heterocycles. The lowest BCUT2D eigenvalue weighted by Crippen LogP contribution is -2.37. The van der Waals surface area contributed by atoms with Crippen LogP contribution in [0.4, 0.5) is 5.69 Å². The number of hydrogen-bond donors (Lipinski definition) is 1. The number of aromatic nitrogens is 1. The third-order valence-corrected chi connectivity index (χ3v) is 4.44. The van der Waals surface area contributed by atoms with Crippen molar-refractivity contribution in [2.75, 3.05) is 38.3 Å². The summed E-state index contributed by atoms with van der Waals surface area (Å²) in [6, 6.07) is 8.25. The van der Waals surface area contributed by atoms with Crippen LogP contribution in [0.3, 0.4) is 0 Å². The number of esters is 1. The zero-order valence-electron chi connectivity index (χ0n) is 12.3. The number of anilines is 1. The zero-order valence-corrected chi connectivity index (χ0v) is 14.4. The van der Waals surface area contributed by atoms with Crippen LogP contribution in [0, 0.1) is 3.57 Å². The number of hydrogen-bond acceptors (Lipinski definition) is 4. The highest BCUT2D eigenvalue weighted by molar-refractivity contribution is 14.1. The van der Waals surface area contributed by atoms with Crippen LogP contribution in [0.15, 0.2) is 30.5 Å². The predicted octanol–water partition coefficient (Wildman–Crippen LogP) is 2.91. The lowest BCUT2D eigenvalue weighted by atomic mass is 10.1. The van der Waals surface area contributed by atoms with Crippen LogP contribution < -0.4 is 4.90 Å². The summed E-state index contributed by atoms with van der Waals surface area (Å²) in [7, 11) is 1.40. The number of nitrogens with zero attached hydrogens (tertiary/aromatic N) is 1. The maximum atomic E-state index is 12.1. The number of carbonyl (C=O) groups is 1. The van der Waals surface area contributed by atoms with E-state index in [1.165, 1.54) is 10.7 Å². The predicted molar refractivity (Wildman–Crippen MR) is 93.3 cm³/mol. The molecule has 2 aromatic rings. The molecule has 22 heavy (non-hydrogen) atoms. The normalized spacial score (nSPS) is 14.9. The van der Waals surface area contributed by atoms with E-state index in [4.69, 9.17) is 9.47 Å². The lowest BCUT2D eigenvalue weighted by molar-refractivity contribution is 0.0594. The van der Waals surface area contributed by atoms with E-state index in [2.05, 4.69) is 56.7 Å². The third-order valence-electron chi connectivity index (χ3n) is 3.72. The largest absolute Gasteiger partial charge is 0.464 e. The van der Waals surface area contributed by atoms with Gasteiger partial charge >= 0.3 is 5.97 Å². The standard InChI is InChI=1S/C16H17IN2O3/c1-21-16(20)14-15(19-6-8-22-9-7-19)13(10-18-14)11-2-4-12(17)5-3-11/h2-5,10,18H,6-9H2,1H3. The Labute approximate surface area is 142 Å². The molecular weight excluding hydrogens is 395 g/mol. The van der Waals surface area contributed by atoms with E-state index < -0.39 is 0 Å². The topological polar surface area (TPSA) is 54.6 Å². The van der Waals surface area contributed by atoms with Crippen molar-refractivity contribution in [2.24, 2.45) is 0 Å².